The molecule has 0 aromatic carbocycles. The summed E-state index contributed by atoms with van der Waals surface area (Å²) in [5.41, 5.74) is 0. The molecule has 0 radical (unpaired) electrons. The molecule has 2 nitrogen and oxygen atoms in total. The lowest BCUT2D eigenvalue weighted by atomic mass is 10.1. The molecular weight excluding hydrogens is 174 g/mol. The minimum absolute atomic E-state index is 0.0912. The smallest absolute Gasteiger partial charge is 0.0693 e. The first-order chi connectivity index (χ1) is 6.77. The second kappa shape index (κ2) is 4.63. The third-order valence-electron chi connectivity index (χ3n) is 3.90. The summed E-state index contributed by atoms with van der Waals surface area (Å²) in [5.74, 6) is 1.82. The molecule has 0 heterocycles. The second-order valence-corrected chi connectivity index (χ2v) is 5.19. The summed E-state index contributed by atoms with van der Waals surface area (Å²) in [6.45, 7) is 3.44. The molecule has 4 unspecified atom stereocenters. The maximum Gasteiger partial charge on any atom is 0.0693 e. The van der Waals surface area contributed by atoms with Crippen LogP contribution >= 0.6 is 0 Å². The van der Waals surface area contributed by atoms with Gasteiger partial charge in [-0.3, -0.25) is 0 Å². The number of aliphatic hydroxyl groups excluding tert-OH is 1. The molecule has 2 saturated carbocycles. The van der Waals surface area contributed by atoms with Crippen LogP contribution in [0.3, 0.4) is 0 Å². The Morgan fingerprint density at radius 1 is 1.21 bits per heavy atom. The largest absolute Gasteiger partial charge is 0.392 e. The average molecular weight is 197 g/mol. The molecule has 0 saturated heterocycles. The molecule has 0 aliphatic heterocycles. The quantitative estimate of drug-likeness (QED) is 0.678. The summed E-state index contributed by atoms with van der Waals surface area (Å²) in [4.78, 5) is 0. The zero-order valence-corrected chi connectivity index (χ0v) is 9.21. The van der Waals surface area contributed by atoms with E-state index in [-0.39, 0.29) is 6.10 Å². The van der Waals surface area contributed by atoms with Gasteiger partial charge >= 0.3 is 0 Å². The Balaban J connectivity index is 1.71. The van der Waals surface area contributed by atoms with Crippen molar-refractivity contribution < 1.29 is 5.11 Å². The van der Waals surface area contributed by atoms with E-state index in [0.717, 1.165) is 24.8 Å². The first-order valence-electron chi connectivity index (χ1n) is 6.19. The zero-order valence-electron chi connectivity index (χ0n) is 9.21. The second-order valence-electron chi connectivity index (χ2n) is 5.19. The van der Waals surface area contributed by atoms with Crippen LogP contribution in [-0.4, -0.2) is 23.8 Å². The van der Waals surface area contributed by atoms with E-state index in [2.05, 4.69) is 12.2 Å². The van der Waals surface area contributed by atoms with Crippen molar-refractivity contribution in [2.75, 3.05) is 6.54 Å². The summed E-state index contributed by atoms with van der Waals surface area (Å²) < 4.78 is 0. The fourth-order valence-electron chi connectivity index (χ4n) is 2.51. The Kier molecular flexibility index (Phi) is 3.45. The van der Waals surface area contributed by atoms with Crippen LogP contribution in [0, 0.1) is 11.8 Å². The van der Waals surface area contributed by atoms with Crippen molar-refractivity contribution in [1.29, 1.82) is 0 Å². The van der Waals surface area contributed by atoms with Gasteiger partial charge in [0.05, 0.1) is 6.10 Å². The molecule has 2 aliphatic carbocycles. The lowest BCUT2D eigenvalue weighted by Crippen LogP contribution is -2.40. The molecule has 2 N–H and O–H groups in total. The molecule has 0 aromatic heterocycles. The van der Waals surface area contributed by atoms with Crippen LogP contribution in [-0.2, 0) is 0 Å². The van der Waals surface area contributed by atoms with Gasteiger partial charge in [-0.1, -0.05) is 26.2 Å². The third kappa shape index (κ3) is 2.71. The molecule has 2 aliphatic rings. The molecule has 2 fully saturated rings. The van der Waals surface area contributed by atoms with Gasteiger partial charge < -0.3 is 10.4 Å². The Morgan fingerprint density at radius 2 is 1.93 bits per heavy atom. The number of nitrogens with one attached hydrogen (secondary N) is 1. The highest BCUT2D eigenvalue weighted by Gasteiger charge is 2.33. The van der Waals surface area contributed by atoms with Crippen molar-refractivity contribution in [1.82, 2.24) is 5.32 Å². The molecule has 14 heavy (non-hydrogen) atoms. The van der Waals surface area contributed by atoms with E-state index in [1.807, 2.05) is 0 Å². The fraction of sp³-hybridized carbons (Fsp3) is 1.00. The highest BCUT2D eigenvalue weighted by atomic mass is 16.3. The normalized spacial score (nSPS) is 43.3. The number of hydrogen-bond donors (Lipinski definition) is 2. The van der Waals surface area contributed by atoms with Crippen molar-refractivity contribution in [2.24, 2.45) is 11.8 Å². The van der Waals surface area contributed by atoms with Crippen LogP contribution in [0.2, 0.25) is 0 Å². The van der Waals surface area contributed by atoms with E-state index in [0.29, 0.717) is 6.04 Å². The van der Waals surface area contributed by atoms with Crippen molar-refractivity contribution >= 4 is 0 Å². The summed E-state index contributed by atoms with van der Waals surface area (Å²) in [5, 5.41) is 13.4. The van der Waals surface area contributed by atoms with E-state index in [1.54, 1.807) is 0 Å². The van der Waals surface area contributed by atoms with Gasteiger partial charge in [-0.2, -0.15) is 0 Å². The number of rotatable bonds is 3. The number of aliphatic hydroxyl groups is 1. The van der Waals surface area contributed by atoms with E-state index < -0.39 is 0 Å². The van der Waals surface area contributed by atoms with Crippen molar-refractivity contribution in [2.45, 2.75) is 57.6 Å². The van der Waals surface area contributed by atoms with Gasteiger partial charge in [0.1, 0.15) is 0 Å². The Labute approximate surface area is 87.1 Å². The van der Waals surface area contributed by atoms with E-state index in [4.69, 9.17) is 0 Å². The van der Waals surface area contributed by atoms with Gasteiger partial charge in [0.2, 0.25) is 0 Å². The SMILES string of the molecule is CC1CC1CNC1CCCCCC1O. The van der Waals surface area contributed by atoms with Crippen LogP contribution in [0.5, 0.6) is 0 Å². The third-order valence-corrected chi connectivity index (χ3v) is 3.90. The average Bonchev–Trinajstić information content (AvgIpc) is 2.88. The van der Waals surface area contributed by atoms with Gasteiger partial charge in [0.25, 0.3) is 0 Å². The maximum atomic E-state index is 9.89. The Bertz CT molecular complexity index is 183. The van der Waals surface area contributed by atoms with Gasteiger partial charge in [-0.05, 0) is 37.6 Å². The van der Waals surface area contributed by atoms with Crippen LogP contribution in [0.1, 0.15) is 45.4 Å². The molecular formula is C12H23NO. The Morgan fingerprint density at radius 3 is 2.64 bits per heavy atom. The number of hydrogen-bond acceptors (Lipinski definition) is 2. The van der Waals surface area contributed by atoms with Crippen molar-refractivity contribution in [3.05, 3.63) is 0 Å². The van der Waals surface area contributed by atoms with Crippen LogP contribution in [0.15, 0.2) is 0 Å². The van der Waals surface area contributed by atoms with Crippen LogP contribution in [0.4, 0.5) is 0 Å². The predicted octanol–water partition coefficient (Wildman–Crippen LogP) is 1.93. The topological polar surface area (TPSA) is 32.3 Å². The van der Waals surface area contributed by atoms with E-state index >= 15 is 0 Å². The molecule has 2 heteroatoms. The van der Waals surface area contributed by atoms with Gasteiger partial charge in [0, 0.05) is 6.04 Å². The maximum absolute atomic E-state index is 9.89. The molecule has 4 atom stereocenters. The lowest BCUT2D eigenvalue weighted by Gasteiger charge is -2.21. The first-order valence-corrected chi connectivity index (χ1v) is 6.19. The predicted molar refractivity (Wildman–Crippen MR) is 58.2 cm³/mol. The molecule has 0 amide bonds. The van der Waals surface area contributed by atoms with Gasteiger partial charge in [-0.25, -0.2) is 0 Å². The molecule has 0 spiro atoms. The molecule has 0 aromatic rings. The van der Waals surface area contributed by atoms with Crippen molar-refractivity contribution in [3.63, 3.8) is 0 Å². The first kappa shape index (κ1) is 10.4. The summed E-state index contributed by atoms with van der Waals surface area (Å²) in [6.07, 6.45) is 7.26. The zero-order chi connectivity index (χ0) is 9.97. The monoisotopic (exact) mass is 197 g/mol. The lowest BCUT2D eigenvalue weighted by molar-refractivity contribution is 0.119. The van der Waals surface area contributed by atoms with E-state index in [1.165, 1.54) is 32.1 Å². The highest BCUT2D eigenvalue weighted by molar-refractivity contribution is 4.87. The van der Waals surface area contributed by atoms with Gasteiger partial charge in [0.15, 0.2) is 0 Å². The minimum Gasteiger partial charge on any atom is -0.392 e. The van der Waals surface area contributed by atoms with Crippen LogP contribution < -0.4 is 5.32 Å². The van der Waals surface area contributed by atoms with Gasteiger partial charge in [-0.15, -0.1) is 0 Å². The highest BCUT2D eigenvalue weighted by Crippen LogP contribution is 2.37. The fourth-order valence-corrected chi connectivity index (χ4v) is 2.51. The summed E-state index contributed by atoms with van der Waals surface area (Å²) >= 11 is 0. The Hall–Kier alpha value is -0.0800. The molecule has 2 rings (SSSR count). The summed E-state index contributed by atoms with van der Waals surface area (Å²) in [7, 11) is 0. The molecule has 0 bridgehead atoms. The standard InChI is InChI=1S/C12H23NO/c1-9-7-10(9)8-13-11-5-3-2-4-6-12(11)14/h9-14H,2-8H2,1H3. The molecule has 82 valence electrons. The van der Waals surface area contributed by atoms with Crippen LogP contribution in [0.25, 0.3) is 0 Å². The van der Waals surface area contributed by atoms with Crippen molar-refractivity contribution in [3.8, 4) is 0 Å². The minimum atomic E-state index is -0.0912. The van der Waals surface area contributed by atoms with E-state index in [9.17, 15) is 5.11 Å². The summed E-state index contributed by atoms with van der Waals surface area (Å²) in [6, 6.07) is 0.380.